The molecule has 1 atom stereocenters. The molecule has 1 aromatic carbocycles. The summed E-state index contributed by atoms with van der Waals surface area (Å²) in [6, 6.07) is 9.54. The first-order chi connectivity index (χ1) is 13.5. The van der Waals surface area contributed by atoms with Gasteiger partial charge in [0.1, 0.15) is 6.61 Å². The molecule has 0 aromatic heterocycles. The van der Waals surface area contributed by atoms with Crippen LogP contribution < -0.4 is 0 Å². The summed E-state index contributed by atoms with van der Waals surface area (Å²) in [5, 5.41) is 10.5. The topological polar surface area (TPSA) is 59.0 Å². The summed E-state index contributed by atoms with van der Waals surface area (Å²) in [7, 11) is 0. The predicted octanol–water partition coefficient (Wildman–Crippen LogP) is 5.54. The third-order valence-corrected chi connectivity index (χ3v) is 5.52. The van der Waals surface area contributed by atoms with Crippen molar-refractivity contribution in [3.05, 3.63) is 58.1 Å². The van der Waals surface area contributed by atoms with Crippen LogP contribution in [0, 0.1) is 0 Å². The lowest BCUT2D eigenvalue weighted by Crippen LogP contribution is -2.53. The highest BCUT2D eigenvalue weighted by molar-refractivity contribution is 9.11. The van der Waals surface area contributed by atoms with Crippen LogP contribution >= 0.6 is 15.9 Å². The Labute approximate surface area is 182 Å². The summed E-state index contributed by atoms with van der Waals surface area (Å²) in [5.41, 5.74) is 0.793. The average molecular weight is 466 g/mol. The van der Waals surface area contributed by atoms with Gasteiger partial charge in [0.05, 0.1) is 17.7 Å². The second kappa shape index (κ2) is 9.92. The highest BCUT2D eigenvalue weighted by Crippen LogP contribution is 2.36. The Hall–Kier alpha value is -1.63. The Balaban J connectivity index is 2.24. The first-order valence-electron chi connectivity index (χ1n) is 9.90. The van der Waals surface area contributed by atoms with Crippen molar-refractivity contribution < 1.29 is 19.4 Å². The van der Waals surface area contributed by atoms with Crippen LogP contribution in [0.5, 0.6) is 0 Å². The fourth-order valence-corrected chi connectivity index (χ4v) is 4.20. The van der Waals surface area contributed by atoms with Gasteiger partial charge in [0.25, 0.3) is 0 Å². The molecule has 160 valence electrons. The number of rotatable bonds is 7. The number of hydrogen-bond donors (Lipinski definition) is 1. The van der Waals surface area contributed by atoms with E-state index in [1.54, 1.807) is 4.90 Å². The number of hydrogen-bond acceptors (Lipinski definition) is 4. The summed E-state index contributed by atoms with van der Waals surface area (Å²) in [6.45, 7) is 9.71. The van der Waals surface area contributed by atoms with Crippen molar-refractivity contribution in [3.63, 3.8) is 0 Å². The molecule has 6 heteroatoms. The first kappa shape index (κ1) is 23.6. The van der Waals surface area contributed by atoms with Gasteiger partial charge >= 0.3 is 6.09 Å². The summed E-state index contributed by atoms with van der Waals surface area (Å²) in [4.78, 5) is 14.7. The maximum atomic E-state index is 13.1. The molecule has 0 saturated heterocycles. The van der Waals surface area contributed by atoms with E-state index in [0.717, 1.165) is 28.5 Å². The van der Waals surface area contributed by atoms with E-state index in [4.69, 9.17) is 9.47 Å². The first-order valence-corrected chi connectivity index (χ1v) is 10.7. The molecule has 2 rings (SSSR count). The van der Waals surface area contributed by atoms with Gasteiger partial charge in [0.15, 0.2) is 6.29 Å². The number of aliphatic hydroxyl groups excluding tert-OH is 1. The smallest absolute Gasteiger partial charge is 0.410 e. The number of ether oxygens (including phenoxy) is 2. The van der Waals surface area contributed by atoms with Gasteiger partial charge in [-0.1, -0.05) is 58.4 Å². The summed E-state index contributed by atoms with van der Waals surface area (Å²) < 4.78 is 12.2. The SMILES string of the molecule is CC(C)(C)OC(O)CN(C(=O)OCc1ccccc1)C(C)(C)C1=C(Br)C=CCC1. The predicted molar refractivity (Wildman–Crippen MR) is 119 cm³/mol. The molecule has 0 radical (unpaired) electrons. The van der Waals surface area contributed by atoms with Gasteiger partial charge in [-0.05, 0) is 58.6 Å². The van der Waals surface area contributed by atoms with Crippen LogP contribution in [0.3, 0.4) is 0 Å². The molecule has 1 unspecified atom stereocenters. The molecule has 1 aromatic rings. The quantitative estimate of drug-likeness (QED) is 0.537. The number of aliphatic hydroxyl groups is 1. The van der Waals surface area contributed by atoms with Gasteiger partial charge in [-0.25, -0.2) is 4.79 Å². The number of carbonyl (C=O) groups is 1. The lowest BCUT2D eigenvalue weighted by atomic mass is 9.86. The highest BCUT2D eigenvalue weighted by Gasteiger charge is 2.38. The molecule has 0 spiro atoms. The average Bonchev–Trinajstić information content (AvgIpc) is 2.63. The highest BCUT2D eigenvalue weighted by atomic mass is 79.9. The van der Waals surface area contributed by atoms with Crippen molar-refractivity contribution in [2.45, 2.75) is 71.5 Å². The van der Waals surface area contributed by atoms with E-state index in [2.05, 4.69) is 22.0 Å². The number of nitrogens with zero attached hydrogens (tertiary/aromatic N) is 1. The fraction of sp³-hybridized carbons (Fsp3) is 0.522. The number of allylic oxidation sites excluding steroid dienone is 3. The summed E-state index contributed by atoms with van der Waals surface area (Å²) in [6.07, 6.45) is 4.22. The fourth-order valence-electron chi connectivity index (χ4n) is 3.33. The second-order valence-electron chi connectivity index (χ2n) is 8.66. The summed E-state index contributed by atoms with van der Waals surface area (Å²) >= 11 is 3.62. The number of β-amino-alcohol motifs (C(OH)–C–C–N with tert-alkyl or cyclic N) is 1. The Morgan fingerprint density at radius 3 is 2.45 bits per heavy atom. The maximum Gasteiger partial charge on any atom is 0.410 e. The standard InChI is InChI=1S/C23H32BrNO4/c1-22(2,3)29-20(26)15-25(21(27)28-16-17-11-7-6-8-12-17)23(4,5)18-13-9-10-14-19(18)24/h6-8,10-12,14,20,26H,9,13,15-16H2,1-5H3. The Morgan fingerprint density at radius 2 is 1.86 bits per heavy atom. The lowest BCUT2D eigenvalue weighted by Gasteiger charge is -2.42. The van der Waals surface area contributed by atoms with Crippen LogP contribution in [0.2, 0.25) is 0 Å². The van der Waals surface area contributed by atoms with Crippen LogP contribution in [-0.4, -0.2) is 40.1 Å². The number of benzene rings is 1. The van der Waals surface area contributed by atoms with Crippen molar-refractivity contribution >= 4 is 22.0 Å². The zero-order chi connectivity index (χ0) is 21.7. The molecular weight excluding hydrogens is 434 g/mol. The van der Waals surface area contributed by atoms with Crippen molar-refractivity contribution in [2.24, 2.45) is 0 Å². The molecule has 1 N–H and O–H groups in total. The number of carbonyl (C=O) groups excluding carboxylic acids is 1. The van der Waals surface area contributed by atoms with Crippen LogP contribution in [0.25, 0.3) is 0 Å². The van der Waals surface area contributed by atoms with E-state index < -0.39 is 23.5 Å². The van der Waals surface area contributed by atoms with Crippen molar-refractivity contribution in [3.8, 4) is 0 Å². The molecule has 29 heavy (non-hydrogen) atoms. The minimum Gasteiger partial charge on any atom is -0.445 e. The molecule has 5 nitrogen and oxygen atoms in total. The third-order valence-electron chi connectivity index (χ3n) is 4.78. The van der Waals surface area contributed by atoms with Crippen molar-refractivity contribution in [1.82, 2.24) is 4.90 Å². The molecule has 0 bridgehead atoms. The normalized spacial score (nSPS) is 16.0. The lowest BCUT2D eigenvalue weighted by molar-refractivity contribution is -0.176. The van der Waals surface area contributed by atoms with Crippen LogP contribution in [-0.2, 0) is 16.1 Å². The van der Waals surface area contributed by atoms with E-state index in [-0.39, 0.29) is 13.2 Å². The Kier molecular flexibility index (Phi) is 8.09. The van der Waals surface area contributed by atoms with Crippen LogP contribution in [0.15, 0.2) is 52.5 Å². The van der Waals surface area contributed by atoms with Gasteiger partial charge in [0.2, 0.25) is 0 Å². The van der Waals surface area contributed by atoms with E-state index in [1.807, 2.05) is 71.0 Å². The van der Waals surface area contributed by atoms with Crippen molar-refractivity contribution in [1.29, 1.82) is 0 Å². The Bertz CT molecular complexity index is 750. The minimum atomic E-state index is -1.13. The van der Waals surface area contributed by atoms with Crippen molar-refractivity contribution in [2.75, 3.05) is 6.54 Å². The van der Waals surface area contributed by atoms with E-state index in [0.29, 0.717) is 0 Å². The molecule has 0 saturated carbocycles. The second-order valence-corrected chi connectivity index (χ2v) is 9.52. The zero-order valence-electron chi connectivity index (χ0n) is 17.9. The number of halogens is 1. The van der Waals surface area contributed by atoms with Gasteiger partial charge < -0.3 is 14.6 Å². The van der Waals surface area contributed by atoms with Crippen LogP contribution in [0.4, 0.5) is 4.79 Å². The molecule has 0 heterocycles. The zero-order valence-corrected chi connectivity index (χ0v) is 19.5. The van der Waals surface area contributed by atoms with E-state index in [1.165, 1.54) is 0 Å². The maximum absolute atomic E-state index is 13.1. The molecular formula is C23H32BrNO4. The van der Waals surface area contributed by atoms with Gasteiger partial charge in [-0.15, -0.1) is 0 Å². The largest absolute Gasteiger partial charge is 0.445 e. The van der Waals surface area contributed by atoms with E-state index >= 15 is 0 Å². The van der Waals surface area contributed by atoms with Gasteiger partial charge in [-0.3, -0.25) is 4.90 Å². The third kappa shape index (κ3) is 6.98. The minimum absolute atomic E-state index is 0.00534. The molecule has 1 amide bonds. The molecule has 1 aliphatic carbocycles. The molecule has 0 fully saturated rings. The molecule has 0 aliphatic heterocycles. The van der Waals surface area contributed by atoms with Gasteiger partial charge in [-0.2, -0.15) is 0 Å². The molecule has 1 aliphatic rings. The van der Waals surface area contributed by atoms with Gasteiger partial charge in [0, 0.05) is 4.48 Å². The summed E-state index contributed by atoms with van der Waals surface area (Å²) in [5.74, 6) is 0. The monoisotopic (exact) mass is 465 g/mol. The number of amides is 1. The van der Waals surface area contributed by atoms with Crippen LogP contribution in [0.1, 0.15) is 53.0 Å². The Morgan fingerprint density at radius 1 is 1.21 bits per heavy atom. The van der Waals surface area contributed by atoms with E-state index in [9.17, 15) is 9.90 Å².